The van der Waals surface area contributed by atoms with Gasteiger partial charge in [0.1, 0.15) is 11.3 Å². The molecule has 10 heteroatoms. The molecule has 34 heavy (non-hydrogen) atoms. The number of ether oxygens (including phenoxy) is 1. The fourth-order valence-corrected chi connectivity index (χ4v) is 4.55. The molecule has 3 aliphatic rings. The van der Waals surface area contributed by atoms with Gasteiger partial charge in [0.05, 0.1) is 36.6 Å². The van der Waals surface area contributed by atoms with E-state index in [4.69, 9.17) is 16.3 Å². The summed E-state index contributed by atoms with van der Waals surface area (Å²) in [6, 6.07) is 9.85. The average Bonchev–Trinajstić information content (AvgIpc) is 3.53. The Bertz CT molecular complexity index is 1300. The molecule has 6 rings (SSSR count). The third-order valence-electron chi connectivity index (χ3n) is 6.88. The van der Waals surface area contributed by atoms with Crippen LogP contribution in [0.1, 0.15) is 34.5 Å². The molecule has 2 aliphatic heterocycles. The number of imidazole rings is 1. The van der Waals surface area contributed by atoms with Gasteiger partial charge in [0.25, 0.3) is 5.91 Å². The van der Waals surface area contributed by atoms with Crippen LogP contribution in [0.4, 0.5) is 11.4 Å². The summed E-state index contributed by atoms with van der Waals surface area (Å²) < 4.78 is 7.21. The number of hydrazine groups is 1. The minimum atomic E-state index is -0.244. The number of hydrazone groups is 1. The van der Waals surface area contributed by atoms with Gasteiger partial charge in [0, 0.05) is 30.5 Å². The fourth-order valence-electron chi connectivity index (χ4n) is 4.55. The highest BCUT2D eigenvalue weighted by atomic mass is 16.5. The summed E-state index contributed by atoms with van der Waals surface area (Å²) in [6.07, 6.45) is 5.63. The van der Waals surface area contributed by atoms with E-state index in [9.17, 15) is 4.79 Å². The first-order valence-electron chi connectivity index (χ1n) is 11.5. The van der Waals surface area contributed by atoms with Gasteiger partial charge in [0.15, 0.2) is 5.84 Å². The number of aromatic nitrogens is 2. The van der Waals surface area contributed by atoms with E-state index in [-0.39, 0.29) is 11.9 Å². The van der Waals surface area contributed by atoms with Gasteiger partial charge in [-0.25, -0.2) is 15.9 Å². The van der Waals surface area contributed by atoms with Crippen molar-refractivity contribution in [1.29, 1.82) is 0 Å². The number of hydrogen-bond donors (Lipinski definition) is 3. The average molecular weight is 461 g/mol. The number of aryl methyl sites for hydroxylation is 1. The standard InChI is InChI=1S/C24H28N8O2/c1-15-2-3-16(22(25)29-32(26)17-4-5-17)8-19(15)28-23(33)20-9-27-21-7-6-18(10-31(20)21)30-11-24(12-30)13-34-14-24/h2-3,6-10,17H,4-5,11-14,26H2,1H3,(H2,25,29)(H,28,33). The summed E-state index contributed by atoms with van der Waals surface area (Å²) in [5, 5.41) is 8.71. The largest absolute Gasteiger partial charge is 0.382 e. The SMILES string of the molecule is Cc1ccc(/C(N)=N/N(N)C2CC2)cc1NC(=O)c1cnc2ccc(N3CC4(COC4)C3)cn12. The molecule has 0 bridgehead atoms. The van der Waals surface area contributed by atoms with Gasteiger partial charge in [0.2, 0.25) is 0 Å². The maximum Gasteiger partial charge on any atom is 0.274 e. The first-order valence-corrected chi connectivity index (χ1v) is 11.5. The van der Waals surface area contributed by atoms with Crippen LogP contribution in [0.2, 0.25) is 0 Å². The Kier molecular flexibility index (Phi) is 4.75. The van der Waals surface area contributed by atoms with Gasteiger partial charge >= 0.3 is 0 Å². The summed E-state index contributed by atoms with van der Waals surface area (Å²) in [7, 11) is 0. The molecular weight excluding hydrogens is 432 g/mol. The van der Waals surface area contributed by atoms with E-state index in [0.29, 0.717) is 28.2 Å². The first-order chi connectivity index (χ1) is 16.4. The Morgan fingerprint density at radius 1 is 1.26 bits per heavy atom. The summed E-state index contributed by atoms with van der Waals surface area (Å²) in [5.74, 6) is 6.00. The first kappa shape index (κ1) is 20.9. The molecule has 5 N–H and O–H groups in total. The topological polar surface area (TPSA) is 127 Å². The number of anilines is 2. The molecule has 1 saturated carbocycles. The molecule has 1 aromatic carbocycles. The summed E-state index contributed by atoms with van der Waals surface area (Å²) in [4.78, 5) is 19.9. The van der Waals surface area contributed by atoms with E-state index in [0.717, 1.165) is 56.0 Å². The fraction of sp³-hybridized carbons (Fsp3) is 0.375. The predicted molar refractivity (Wildman–Crippen MR) is 130 cm³/mol. The van der Waals surface area contributed by atoms with E-state index < -0.39 is 0 Å². The van der Waals surface area contributed by atoms with Crippen LogP contribution in [-0.4, -0.2) is 58.6 Å². The molecule has 4 heterocycles. The minimum Gasteiger partial charge on any atom is -0.382 e. The van der Waals surface area contributed by atoms with Crippen molar-refractivity contribution in [3.63, 3.8) is 0 Å². The second-order valence-electron chi connectivity index (χ2n) is 9.69. The summed E-state index contributed by atoms with van der Waals surface area (Å²) in [5.41, 5.74) is 11.0. The smallest absolute Gasteiger partial charge is 0.274 e. The molecule has 0 unspecified atom stereocenters. The van der Waals surface area contributed by atoms with Crippen molar-refractivity contribution in [3.8, 4) is 0 Å². The lowest BCUT2D eigenvalue weighted by molar-refractivity contribution is -0.127. The number of nitrogens with two attached hydrogens (primary N) is 2. The Morgan fingerprint density at radius 2 is 2.06 bits per heavy atom. The second kappa shape index (κ2) is 7.71. The molecular formula is C24H28N8O2. The van der Waals surface area contributed by atoms with Crippen LogP contribution in [0.5, 0.6) is 0 Å². The Hall–Kier alpha value is -3.63. The van der Waals surface area contributed by atoms with Crippen LogP contribution >= 0.6 is 0 Å². The van der Waals surface area contributed by atoms with Crippen LogP contribution in [0, 0.1) is 12.3 Å². The number of nitrogens with one attached hydrogen (secondary N) is 1. The third-order valence-corrected chi connectivity index (χ3v) is 6.88. The minimum absolute atomic E-state index is 0.244. The monoisotopic (exact) mass is 460 g/mol. The third kappa shape index (κ3) is 3.64. The lowest BCUT2D eigenvalue weighted by atomic mass is 9.78. The molecule has 1 amide bonds. The highest BCUT2D eigenvalue weighted by molar-refractivity contribution is 6.05. The number of amidine groups is 1. The molecule has 0 radical (unpaired) electrons. The summed E-state index contributed by atoms with van der Waals surface area (Å²) >= 11 is 0. The molecule has 2 saturated heterocycles. The van der Waals surface area contributed by atoms with Crippen LogP contribution < -0.4 is 21.8 Å². The number of hydrogen-bond acceptors (Lipinski definition) is 7. The lowest BCUT2D eigenvalue weighted by Gasteiger charge is -2.55. The number of pyridine rings is 1. The summed E-state index contributed by atoms with van der Waals surface area (Å²) in [6.45, 7) is 5.56. The number of rotatable bonds is 6. The molecule has 176 valence electrons. The number of carbonyl (C=O) groups is 1. The number of nitrogens with zero attached hydrogens (tertiary/aromatic N) is 5. The second-order valence-corrected chi connectivity index (χ2v) is 9.69. The van der Waals surface area contributed by atoms with Gasteiger partial charge in [-0.1, -0.05) is 12.1 Å². The molecule has 3 aromatic rings. The lowest BCUT2D eigenvalue weighted by Crippen LogP contribution is -2.66. The maximum atomic E-state index is 13.2. The molecule has 1 spiro atoms. The van der Waals surface area contributed by atoms with Crippen molar-refractivity contribution in [1.82, 2.24) is 14.5 Å². The molecule has 3 fully saturated rings. The zero-order valence-corrected chi connectivity index (χ0v) is 19.1. The molecule has 10 nitrogen and oxygen atoms in total. The quantitative estimate of drug-likeness (QED) is 0.221. The van der Waals surface area contributed by atoms with E-state index in [2.05, 4.69) is 26.4 Å². The number of carbonyl (C=O) groups excluding carboxylic acids is 1. The van der Waals surface area contributed by atoms with E-state index in [1.54, 1.807) is 6.20 Å². The number of amides is 1. The normalized spacial score (nSPS) is 19.1. The van der Waals surface area contributed by atoms with Crippen molar-refractivity contribution in [2.24, 2.45) is 22.1 Å². The van der Waals surface area contributed by atoms with E-state index in [1.807, 2.05) is 41.8 Å². The Balaban J connectivity index is 1.22. The van der Waals surface area contributed by atoms with Crippen molar-refractivity contribution in [2.45, 2.75) is 25.8 Å². The molecule has 2 aromatic heterocycles. The Morgan fingerprint density at radius 3 is 2.76 bits per heavy atom. The van der Waals surface area contributed by atoms with Crippen LogP contribution in [0.25, 0.3) is 5.65 Å². The Labute approximate surface area is 197 Å². The van der Waals surface area contributed by atoms with Crippen molar-refractivity contribution in [2.75, 3.05) is 36.5 Å². The highest BCUT2D eigenvalue weighted by Crippen LogP contribution is 2.40. The number of benzene rings is 1. The van der Waals surface area contributed by atoms with E-state index in [1.165, 1.54) is 5.12 Å². The predicted octanol–water partition coefficient (Wildman–Crippen LogP) is 1.69. The van der Waals surface area contributed by atoms with Gasteiger partial charge in [-0.2, -0.15) is 0 Å². The molecule has 1 aliphatic carbocycles. The van der Waals surface area contributed by atoms with Gasteiger partial charge < -0.3 is 20.7 Å². The van der Waals surface area contributed by atoms with Gasteiger partial charge in [-0.3, -0.25) is 9.20 Å². The van der Waals surface area contributed by atoms with Crippen LogP contribution in [0.3, 0.4) is 0 Å². The van der Waals surface area contributed by atoms with Gasteiger partial charge in [-0.05, 0) is 43.5 Å². The highest BCUT2D eigenvalue weighted by Gasteiger charge is 2.49. The van der Waals surface area contributed by atoms with E-state index >= 15 is 0 Å². The van der Waals surface area contributed by atoms with Crippen molar-refractivity contribution >= 4 is 28.8 Å². The zero-order chi connectivity index (χ0) is 23.4. The van der Waals surface area contributed by atoms with Crippen LogP contribution in [0.15, 0.2) is 47.8 Å². The van der Waals surface area contributed by atoms with Gasteiger partial charge in [-0.15, -0.1) is 5.10 Å². The zero-order valence-electron chi connectivity index (χ0n) is 19.1. The molecule has 0 atom stereocenters. The van der Waals surface area contributed by atoms with Crippen molar-refractivity contribution in [3.05, 3.63) is 59.5 Å². The van der Waals surface area contributed by atoms with Crippen molar-refractivity contribution < 1.29 is 9.53 Å². The number of fused-ring (bicyclic) bond motifs is 1. The van der Waals surface area contributed by atoms with Crippen LogP contribution in [-0.2, 0) is 4.74 Å². The maximum absolute atomic E-state index is 13.2.